The number of aromatic nitrogens is 3. The summed E-state index contributed by atoms with van der Waals surface area (Å²) in [7, 11) is 2.14. The number of nitrogens with zero attached hydrogens (tertiary/aromatic N) is 5. The van der Waals surface area contributed by atoms with Crippen LogP contribution in [0.4, 0.5) is 11.9 Å². The van der Waals surface area contributed by atoms with Gasteiger partial charge in [0.2, 0.25) is 17.2 Å². The van der Waals surface area contributed by atoms with E-state index in [1.54, 1.807) is 0 Å². The molecule has 1 aromatic rings. The van der Waals surface area contributed by atoms with Crippen LogP contribution in [0.5, 0.6) is 0 Å². The predicted molar refractivity (Wildman–Crippen MR) is 80.4 cm³/mol. The van der Waals surface area contributed by atoms with Crippen LogP contribution in [0.3, 0.4) is 0 Å². The number of anilines is 2. The summed E-state index contributed by atoms with van der Waals surface area (Å²) in [5.41, 5.74) is 0. The maximum absolute atomic E-state index is 6.04. The molecule has 0 spiro atoms. The molecule has 7 heteroatoms. The van der Waals surface area contributed by atoms with Gasteiger partial charge < -0.3 is 15.1 Å². The van der Waals surface area contributed by atoms with E-state index in [2.05, 4.69) is 37.1 Å². The molecule has 0 saturated carbocycles. The van der Waals surface area contributed by atoms with E-state index < -0.39 is 0 Å². The molecule has 0 bridgehead atoms. The molecule has 6 nitrogen and oxygen atoms in total. The molecule has 3 heterocycles. The van der Waals surface area contributed by atoms with Gasteiger partial charge in [-0.3, -0.25) is 0 Å². The van der Waals surface area contributed by atoms with Gasteiger partial charge >= 0.3 is 0 Å². The second kappa shape index (κ2) is 6.10. The lowest BCUT2D eigenvalue weighted by atomic mass is 10.1. The van der Waals surface area contributed by atoms with Gasteiger partial charge in [-0.1, -0.05) is 0 Å². The summed E-state index contributed by atoms with van der Waals surface area (Å²) in [6, 6.07) is 0.388. The van der Waals surface area contributed by atoms with Crippen molar-refractivity contribution in [2.24, 2.45) is 0 Å². The molecule has 2 aliphatic rings. The standard InChI is InChI=1S/C13H21ClN6/c1-19-6-4-5-10(9-19)15-12-16-11(14)17-13(18-12)20-7-2-3-8-20/h10H,2-9H2,1H3,(H,15,16,17,18). The number of halogens is 1. The Morgan fingerprint density at radius 2 is 1.90 bits per heavy atom. The Morgan fingerprint density at radius 1 is 1.10 bits per heavy atom. The van der Waals surface area contributed by atoms with E-state index >= 15 is 0 Å². The number of piperidine rings is 1. The van der Waals surface area contributed by atoms with Crippen molar-refractivity contribution in [3.63, 3.8) is 0 Å². The van der Waals surface area contributed by atoms with Crippen molar-refractivity contribution in [2.75, 3.05) is 43.4 Å². The van der Waals surface area contributed by atoms with E-state index in [0.717, 1.165) is 32.6 Å². The first-order valence-electron chi connectivity index (χ1n) is 7.32. The van der Waals surface area contributed by atoms with Crippen LogP contribution in [0.1, 0.15) is 25.7 Å². The van der Waals surface area contributed by atoms with Crippen molar-refractivity contribution in [2.45, 2.75) is 31.7 Å². The average molecular weight is 297 g/mol. The first-order chi connectivity index (χ1) is 9.70. The summed E-state index contributed by atoms with van der Waals surface area (Å²) in [5, 5.41) is 3.67. The molecule has 1 aromatic heterocycles. The molecule has 20 heavy (non-hydrogen) atoms. The highest BCUT2D eigenvalue weighted by Gasteiger charge is 2.20. The Morgan fingerprint density at radius 3 is 2.65 bits per heavy atom. The topological polar surface area (TPSA) is 57.2 Å². The first kappa shape index (κ1) is 13.8. The Bertz CT molecular complexity index is 462. The maximum atomic E-state index is 6.04. The minimum atomic E-state index is 0.272. The molecule has 0 aliphatic carbocycles. The average Bonchev–Trinajstić information content (AvgIpc) is 2.91. The van der Waals surface area contributed by atoms with E-state index in [1.165, 1.54) is 19.3 Å². The molecule has 0 radical (unpaired) electrons. The first-order valence-corrected chi connectivity index (χ1v) is 7.70. The summed E-state index contributed by atoms with van der Waals surface area (Å²) in [4.78, 5) is 17.5. The third-order valence-corrected chi connectivity index (χ3v) is 4.11. The molecular formula is C13H21ClN6. The number of nitrogens with one attached hydrogen (secondary N) is 1. The molecule has 0 aromatic carbocycles. The van der Waals surface area contributed by atoms with Crippen LogP contribution in [-0.4, -0.2) is 59.1 Å². The summed E-state index contributed by atoms with van der Waals surface area (Å²) >= 11 is 6.04. The molecule has 2 aliphatic heterocycles. The maximum Gasteiger partial charge on any atom is 0.231 e. The van der Waals surface area contributed by atoms with Crippen LogP contribution in [0.25, 0.3) is 0 Å². The predicted octanol–water partition coefficient (Wildman–Crippen LogP) is 1.63. The molecule has 0 amide bonds. The van der Waals surface area contributed by atoms with Gasteiger partial charge in [-0.2, -0.15) is 15.0 Å². The normalized spacial score (nSPS) is 24.1. The fourth-order valence-electron chi connectivity index (χ4n) is 2.93. The van der Waals surface area contributed by atoms with Crippen molar-refractivity contribution in [1.29, 1.82) is 0 Å². The van der Waals surface area contributed by atoms with Gasteiger partial charge in [0.1, 0.15) is 0 Å². The van der Waals surface area contributed by atoms with Crippen LogP contribution < -0.4 is 10.2 Å². The zero-order valence-corrected chi connectivity index (χ0v) is 12.6. The minimum absolute atomic E-state index is 0.272. The smallest absolute Gasteiger partial charge is 0.231 e. The highest BCUT2D eigenvalue weighted by molar-refractivity contribution is 6.28. The van der Waals surface area contributed by atoms with E-state index in [9.17, 15) is 0 Å². The number of likely N-dealkylation sites (tertiary alicyclic amines) is 1. The zero-order valence-electron chi connectivity index (χ0n) is 11.8. The summed E-state index contributed by atoms with van der Waals surface area (Å²) in [6.45, 7) is 4.19. The molecule has 1 unspecified atom stereocenters. The number of hydrogen-bond acceptors (Lipinski definition) is 6. The number of hydrogen-bond donors (Lipinski definition) is 1. The second-order valence-electron chi connectivity index (χ2n) is 5.67. The van der Waals surface area contributed by atoms with Crippen LogP contribution in [0.15, 0.2) is 0 Å². The van der Waals surface area contributed by atoms with Crippen LogP contribution >= 0.6 is 11.6 Å². The fraction of sp³-hybridized carbons (Fsp3) is 0.769. The molecule has 3 rings (SSSR count). The van der Waals surface area contributed by atoms with Gasteiger partial charge in [-0.15, -0.1) is 0 Å². The highest BCUT2D eigenvalue weighted by atomic mass is 35.5. The largest absolute Gasteiger partial charge is 0.350 e. The second-order valence-corrected chi connectivity index (χ2v) is 6.01. The van der Waals surface area contributed by atoms with Crippen molar-refractivity contribution in [3.8, 4) is 0 Å². The van der Waals surface area contributed by atoms with Crippen LogP contribution in [0, 0.1) is 0 Å². The molecule has 2 fully saturated rings. The van der Waals surface area contributed by atoms with Crippen molar-refractivity contribution < 1.29 is 0 Å². The van der Waals surface area contributed by atoms with Crippen molar-refractivity contribution in [1.82, 2.24) is 19.9 Å². The lowest BCUT2D eigenvalue weighted by Gasteiger charge is -2.30. The fourth-order valence-corrected chi connectivity index (χ4v) is 3.09. The van der Waals surface area contributed by atoms with Crippen LogP contribution in [-0.2, 0) is 0 Å². The Balaban J connectivity index is 1.72. The Labute approximate surface area is 124 Å². The summed E-state index contributed by atoms with van der Waals surface area (Å²) in [6.07, 6.45) is 4.73. The van der Waals surface area contributed by atoms with E-state index in [4.69, 9.17) is 11.6 Å². The number of rotatable bonds is 3. The lowest BCUT2D eigenvalue weighted by molar-refractivity contribution is 0.260. The van der Waals surface area contributed by atoms with E-state index in [-0.39, 0.29) is 5.28 Å². The summed E-state index contributed by atoms with van der Waals surface area (Å²) < 4.78 is 0. The minimum Gasteiger partial charge on any atom is -0.350 e. The molecular weight excluding hydrogens is 276 g/mol. The third kappa shape index (κ3) is 3.30. The van der Waals surface area contributed by atoms with Gasteiger partial charge in [0, 0.05) is 25.7 Å². The van der Waals surface area contributed by atoms with E-state index in [0.29, 0.717) is 17.9 Å². The van der Waals surface area contributed by atoms with Crippen molar-refractivity contribution >= 4 is 23.5 Å². The number of likely N-dealkylation sites (N-methyl/N-ethyl adjacent to an activating group) is 1. The molecule has 110 valence electrons. The quantitative estimate of drug-likeness (QED) is 0.915. The van der Waals surface area contributed by atoms with Gasteiger partial charge in [0.15, 0.2) is 0 Å². The monoisotopic (exact) mass is 296 g/mol. The zero-order chi connectivity index (χ0) is 13.9. The van der Waals surface area contributed by atoms with Crippen LogP contribution in [0.2, 0.25) is 5.28 Å². The molecule has 1 atom stereocenters. The van der Waals surface area contributed by atoms with Gasteiger partial charge in [-0.25, -0.2) is 0 Å². The summed E-state index contributed by atoms with van der Waals surface area (Å²) in [5.74, 6) is 1.31. The molecule has 1 N–H and O–H groups in total. The molecule has 2 saturated heterocycles. The SMILES string of the molecule is CN1CCCC(Nc2nc(Cl)nc(N3CCCC3)n2)C1. The van der Waals surface area contributed by atoms with E-state index in [1.807, 2.05) is 0 Å². The third-order valence-electron chi connectivity index (χ3n) is 3.94. The Hall–Kier alpha value is -1.14. The Kier molecular flexibility index (Phi) is 4.21. The van der Waals surface area contributed by atoms with Crippen molar-refractivity contribution in [3.05, 3.63) is 5.28 Å². The van der Waals surface area contributed by atoms with Gasteiger partial charge in [-0.05, 0) is 50.9 Å². The lowest BCUT2D eigenvalue weighted by Crippen LogP contribution is -2.40. The van der Waals surface area contributed by atoms with Gasteiger partial charge in [0.05, 0.1) is 0 Å². The highest BCUT2D eigenvalue weighted by Crippen LogP contribution is 2.20. The van der Waals surface area contributed by atoms with Gasteiger partial charge in [0.25, 0.3) is 0 Å².